The van der Waals surface area contributed by atoms with Crippen molar-refractivity contribution >= 4 is 21.4 Å². The van der Waals surface area contributed by atoms with Gasteiger partial charge in [-0.15, -0.1) is 11.6 Å². The van der Waals surface area contributed by atoms with Crippen LogP contribution in [0.3, 0.4) is 0 Å². The average Bonchev–Trinajstić information content (AvgIpc) is 2.04. The van der Waals surface area contributed by atoms with Crippen molar-refractivity contribution in [1.29, 1.82) is 0 Å². The molecule has 0 fully saturated rings. The first-order valence-corrected chi connectivity index (χ1v) is 3.40. The molecule has 0 aromatic heterocycles. The van der Waals surface area contributed by atoms with E-state index in [9.17, 15) is 4.79 Å². The summed E-state index contributed by atoms with van der Waals surface area (Å²) in [6.07, 6.45) is 1.82. The van der Waals surface area contributed by atoms with E-state index in [1.54, 1.807) is 12.1 Å². The Balaban J connectivity index is -0.000000333. The molecule has 5 heteroatoms. The minimum absolute atomic E-state index is 0. The van der Waals surface area contributed by atoms with Gasteiger partial charge in [-0.2, -0.15) is 6.07 Å². The van der Waals surface area contributed by atoms with Crippen LogP contribution in [0.5, 0.6) is 0 Å². The second-order valence-electron chi connectivity index (χ2n) is 1.79. The molecule has 1 N–H and O–H groups in total. The Morgan fingerprint density at radius 1 is 1.31 bits per heavy atom. The van der Waals surface area contributed by atoms with Crippen molar-refractivity contribution in [3.8, 4) is 0 Å². The SMILES string of the molecule is O=[C-]c1ccccc1NP.[CH3-].[Rf].[Y]. The van der Waals surface area contributed by atoms with Gasteiger partial charge in [0.15, 0.2) is 0 Å². The van der Waals surface area contributed by atoms with E-state index >= 15 is 0 Å². The zero-order valence-electron chi connectivity index (χ0n) is 7.58. The van der Waals surface area contributed by atoms with Crippen LogP contribution in [-0.4, -0.2) is 6.29 Å². The second kappa shape index (κ2) is 9.31. The Hall–Kier alpha value is -0.776. The van der Waals surface area contributed by atoms with Crippen molar-refractivity contribution < 1.29 is 37.5 Å². The summed E-state index contributed by atoms with van der Waals surface area (Å²) in [5.41, 5.74) is 1.33. The molecule has 13 heavy (non-hydrogen) atoms. The van der Waals surface area contributed by atoms with Gasteiger partial charge in [0.25, 0.3) is 0 Å². The Bertz CT molecular complexity index is 247. The first-order valence-electron chi connectivity index (χ1n) is 2.82. The van der Waals surface area contributed by atoms with E-state index in [-0.39, 0.29) is 40.1 Å². The molecule has 0 bridgehead atoms. The molecule has 0 amide bonds. The van der Waals surface area contributed by atoms with Crippen molar-refractivity contribution in [2.24, 2.45) is 0 Å². The number of para-hydroxylation sites is 1. The van der Waals surface area contributed by atoms with Gasteiger partial charge in [0.1, 0.15) is 0 Å². The normalized spacial score (nSPS) is 6.85. The Labute approximate surface area is 101 Å². The second-order valence-corrected chi connectivity index (χ2v) is 2.08. The van der Waals surface area contributed by atoms with Crippen LogP contribution in [0.2, 0.25) is 0 Å². The van der Waals surface area contributed by atoms with Crippen LogP contribution < -0.4 is 5.09 Å². The molecule has 0 spiro atoms. The summed E-state index contributed by atoms with van der Waals surface area (Å²) in [5.74, 6) is 0. The maximum Gasteiger partial charge on any atom is 0.0646 e. The molecule has 1 aromatic rings. The first kappa shape index (κ1) is 18.1. The molecular formula is C8H10NOPRfY-2. The molecule has 1 rings (SSSR count). The largest absolute Gasteiger partial charge is 0.421 e. The minimum Gasteiger partial charge on any atom is -0.421 e. The van der Waals surface area contributed by atoms with Crippen molar-refractivity contribution in [2.75, 3.05) is 5.09 Å². The van der Waals surface area contributed by atoms with Gasteiger partial charge in [-0.05, 0) is 0 Å². The Morgan fingerprint density at radius 3 is 2.23 bits per heavy atom. The molecule has 1 aromatic carbocycles. The van der Waals surface area contributed by atoms with Gasteiger partial charge in [0, 0.05) is 32.7 Å². The van der Waals surface area contributed by atoms with Gasteiger partial charge in [-0.1, -0.05) is 27.2 Å². The van der Waals surface area contributed by atoms with E-state index in [4.69, 9.17) is 0 Å². The molecule has 0 heterocycles. The molecule has 0 saturated heterocycles. The van der Waals surface area contributed by atoms with Gasteiger partial charge in [0.05, 0.1) is 6.29 Å². The fourth-order valence-corrected chi connectivity index (χ4v) is 0.950. The third-order valence-corrected chi connectivity index (χ3v) is 1.50. The Morgan fingerprint density at radius 2 is 1.85 bits per heavy atom. The Kier molecular flexibility index (Phi) is 13.0. The summed E-state index contributed by atoms with van der Waals surface area (Å²) >= 11 is 0. The number of anilines is 1. The number of benzene rings is 1. The van der Waals surface area contributed by atoms with Crippen LogP contribution >= 0.6 is 9.39 Å². The summed E-state index contributed by atoms with van der Waals surface area (Å²) in [7, 11) is 2.33. The molecule has 2 nitrogen and oxygen atoms in total. The van der Waals surface area contributed by atoms with Crippen LogP contribution in [0.4, 0.5) is 5.69 Å². The van der Waals surface area contributed by atoms with Crippen LogP contribution in [0.15, 0.2) is 24.3 Å². The summed E-state index contributed by atoms with van der Waals surface area (Å²) in [5, 5.41) is 2.80. The van der Waals surface area contributed by atoms with Gasteiger partial charge < -0.3 is 17.3 Å². The molecule has 1 radical (unpaired) electrons. The molecule has 1 unspecified atom stereocenters. The summed E-state index contributed by atoms with van der Waals surface area (Å²) in [6, 6.07) is 7.17. The third-order valence-electron chi connectivity index (χ3n) is 1.19. The summed E-state index contributed by atoms with van der Waals surface area (Å²) < 4.78 is 0. The van der Waals surface area contributed by atoms with Crippen molar-refractivity contribution in [3.05, 3.63) is 37.3 Å². The topological polar surface area (TPSA) is 29.1 Å². The third kappa shape index (κ3) is 4.72. The van der Waals surface area contributed by atoms with Crippen LogP contribution in [0.1, 0.15) is 5.56 Å². The van der Waals surface area contributed by atoms with E-state index in [1.807, 2.05) is 18.4 Å². The van der Waals surface area contributed by atoms with Crippen LogP contribution in [0, 0.1) is 7.43 Å². The maximum absolute atomic E-state index is 10.2. The van der Waals surface area contributed by atoms with E-state index in [1.165, 1.54) is 0 Å². The van der Waals surface area contributed by atoms with Crippen molar-refractivity contribution in [1.82, 2.24) is 0 Å². The number of rotatable bonds is 2. The summed E-state index contributed by atoms with van der Waals surface area (Å²) in [4.78, 5) is 10.2. The number of carbonyl (C=O) groups excluding carboxylic acids is 1. The van der Waals surface area contributed by atoms with E-state index in [2.05, 4.69) is 14.5 Å². The van der Waals surface area contributed by atoms with Gasteiger partial charge >= 0.3 is 0 Å². The van der Waals surface area contributed by atoms with Crippen molar-refractivity contribution in [3.63, 3.8) is 0 Å². The van der Waals surface area contributed by atoms with Gasteiger partial charge in [-0.25, -0.2) is 0 Å². The molecule has 0 aliphatic heterocycles. The first-order chi connectivity index (χ1) is 4.88. The van der Waals surface area contributed by atoms with Crippen LogP contribution in [-0.2, 0) is 37.5 Å². The molecular weight excluding hydrogens is 513 g/mol. The zero-order valence-corrected chi connectivity index (χ0v) is 18.0. The smallest absolute Gasteiger partial charge is 0.0646 e. The predicted molar refractivity (Wildman–Crippen MR) is 51.0 cm³/mol. The number of hydrogen-bond acceptors (Lipinski definition) is 2. The van der Waals surface area contributed by atoms with E-state index in [0.29, 0.717) is 5.56 Å². The monoisotopic (exact) mass is 523 g/mol. The van der Waals surface area contributed by atoms with E-state index in [0.717, 1.165) is 5.69 Å². The van der Waals surface area contributed by atoms with Crippen molar-refractivity contribution in [2.45, 2.75) is 0 Å². The fraction of sp³-hybridized carbons (Fsp3) is 0. The minimum atomic E-state index is 0. The molecule has 1 atom stereocenters. The van der Waals surface area contributed by atoms with E-state index < -0.39 is 0 Å². The quantitative estimate of drug-likeness (QED) is 0.474. The summed E-state index contributed by atoms with van der Waals surface area (Å²) in [6.45, 7) is 0. The molecule has 0 aliphatic rings. The standard InChI is InChI=1S/C7H7NOP.CH3.Rf.Y/c9-5-6-3-1-2-4-7(6)8-10;;;/h1-4,8H,10H2;1H3;;/q2*-1;;. The number of nitrogens with one attached hydrogen (secondary N) is 1. The van der Waals surface area contributed by atoms with Gasteiger partial charge in [-0.3, -0.25) is 0 Å². The molecule has 65 valence electrons. The average molecular weight is 523 g/mol. The number of hydrogen-bond donors (Lipinski definition) is 1. The molecule has 0 aliphatic carbocycles. The van der Waals surface area contributed by atoms with Gasteiger partial charge in [0.2, 0.25) is 0 Å². The predicted octanol–water partition coefficient (Wildman–Crippen LogP) is 1.79. The fourth-order valence-electron chi connectivity index (χ4n) is 0.698. The molecule has 0 saturated carbocycles. The van der Waals surface area contributed by atoms with Crippen LogP contribution in [0.25, 0.3) is 0 Å². The zero-order chi connectivity index (χ0) is 7.40. The maximum atomic E-state index is 10.2.